The molecule has 0 saturated carbocycles. The Kier molecular flexibility index (Phi) is 6.47. The smallest absolute Gasteiger partial charge is 0.283 e. The van der Waals surface area contributed by atoms with Gasteiger partial charge in [-0.25, -0.2) is 0 Å². The maximum Gasteiger partial charge on any atom is 0.283 e. The minimum absolute atomic E-state index is 0.0481. The first-order valence-electron chi connectivity index (χ1n) is 10.0. The summed E-state index contributed by atoms with van der Waals surface area (Å²) in [5.41, 5.74) is 1.00. The maximum atomic E-state index is 12.4. The zero-order valence-electron chi connectivity index (χ0n) is 17.1. The summed E-state index contributed by atoms with van der Waals surface area (Å²) < 4.78 is 11.3. The molecule has 158 valence electrons. The van der Waals surface area contributed by atoms with Crippen molar-refractivity contribution in [2.45, 2.75) is 19.8 Å². The van der Waals surface area contributed by atoms with Crippen LogP contribution < -0.4 is 9.47 Å². The van der Waals surface area contributed by atoms with E-state index in [0.29, 0.717) is 24.1 Å². The summed E-state index contributed by atoms with van der Waals surface area (Å²) in [6.07, 6.45) is 3.41. The molecule has 0 aliphatic carbocycles. The van der Waals surface area contributed by atoms with Crippen LogP contribution in [0.4, 0.5) is 0 Å². The molecule has 0 aromatic heterocycles. The summed E-state index contributed by atoms with van der Waals surface area (Å²) in [6.45, 7) is 2.92. The normalized spacial score (nSPS) is 16.8. The van der Waals surface area contributed by atoms with Crippen LogP contribution in [0.15, 0.2) is 70.3 Å². The minimum Gasteiger partial charge on any atom is -0.490 e. The number of hydrogen-bond acceptors (Lipinski definition) is 6. The van der Waals surface area contributed by atoms with Gasteiger partial charge in [-0.05, 0) is 60.5 Å². The highest BCUT2D eigenvalue weighted by atomic mass is 32.2. The standard InChI is InChI=1S/C23H22N4O3S/c1-2-6-20-26-27-21(24)19(22(28)25-23(27)31-20)15-16-9-11-18(12-10-16)30-14-13-29-17-7-4-3-5-8-17/h3-5,7-12,15,24H,2,6,13-14H2,1H3/b19-15-,24-21?. The fourth-order valence-corrected chi connectivity index (χ4v) is 4.00. The van der Waals surface area contributed by atoms with Crippen molar-refractivity contribution in [3.8, 4) is 11.5 Å². The molecule has 31 heavy (non-hydrogen) atoms. The van der Waals surface area contributed by atoms with Crippen molar-refractivity contribution in [3.05, 3.63) is 65.7 Å². The minimum atomic E-state index is -0.421. The Hall–Kier alpha value is -3.39. The highest BCUT2D eigenvalue weighted by Crippen LogP contribution is 2.29. The molecule has 7 nitrogen and oxygen atoms in total. The van der Waals surface area contributed by atoms with Crippen LogP contribution in [0.1, 0.15) is 25.3 Å². The number of nitrogens with one attached hydrogen (secondary N) is 1. The van der Waals surface area contributed by atoms with Gasteiger partial charge in [-0.2, -0.15) is 15.1 Å². The van der Waals surface area contributed by atoms with Gasteiger partial charge in [0.05, 0.1) is 5.57 Å². The second kappa shape index (κ2) is 9.61. The molecule has 2 heterocycles. The summed E-state index contributed by atoms with van der Waals surface area (Å²) in [4.78, 5) is 16.5. The van der Waals surface area contributed by atoms with Crippen LogP contribution in [0.25, 0.3) is 6.08 Å². The van der Waals surface area contributed by atoms with Crippen LogP contribution >= 0.6 is 11.8 Å². The van der Waals surface area contributed by atoms with E-state index in [-0.39, 0.29) is 11.4 Å². The molecule has 2 aromatic carbocycles. The third-order valence-corrected chi connectivity index (χ3v) is 5.48. The van der Waals surface area contributed by atoms with E-state index in [1.807, 2.05) is 54.6 Å². The number of para-hydroxylation sites is 1. The molecular formula is C23H22N4O3S. The number of rotatable bonds is 8. The van der Waals surface area contributed by atoms with Crippen molar-refractivity contribution in [3.63, 3.8) is 0 Å². The second-order valence-electron chi connectivity index (χ2n) is 6.84. The summed E-state index contributed by atoms with van der Waals surface area (Å²) in [5, 5.41) is 15.6. The highest BCUT2D eigenvalue weighted by Gasteiger charge is 2.35. The zero-order valence-corrected chi connectivity index (χ0v) is 17.9. The van der Waals surface area contributed by atoms with Gasteiger partial charge in [0.15, 0.2) is 5.84 Å². The number of amides is 1. The Morgan fingerprint density at radius 1 is 1.03 bits per heavy atom. The molecular weight excluding hydrogens is 412 g/mol. The number of amidine groups is 2. The van der Waals surface area contributed by atoms with Crippen molar-refractivity contribution in [2.24, 2.45) is 10.1 Å². The molecule has 0 saturated heterocycles. The molecule has 0 unspecified atom stereocenters. The summed E-state index contributed by atoms with van der Waals surface area (Å²) in [5.74, 6) is 1.14. The molecule has 0 bridgehead atoms. The number of benzene rings is 2. The predicted molar refractivity (Wildman–Crippen MR) is 124 cm³/mol. The first kappa shape index (κ1) is 20.9. The van der Waals surface area contributed by atoms with Crippen molar-refractivity contribution in [2.75, 3.05) is 13.2 Å². The molecule has 0 radical (unpaired) electrons. The zero-order chi connectivity index (χ0) is 21.6. The van der Waals surface area contributed by atoms with Gasteiger partial charge in [0.1, 0.15) is 29.8 Å². The third-order valence-electron chi connectivity index (χ3n) is 4.52. The van der Waals surface area contributed by atoms with E-state index >= 15 is 0 Å². The van der Waals surface area contributed by atoms with Gasteiger partial charge >= 0.3 is 0 Å². The van der Waals surface area contributed by atoms with E-state index in [4.69, 9.17) is 14.9 Å². The lowest BCUT2D eigenvalue weighted by Gasteiger charge is -2.20. The van der Waals surface area contributed by atoms with Crippen LogP contribution in [0.2, 0.25) is 0 Å². The van der Waals surface area contributed by atoms with Gasteiger partial charge in [-0.3, -0.25) is 10.2 Å². The van der Waals surface area contributed by atoms with E-state index in [9.17, 15) is 4.79 Å². The van der Waals surface area contributed by atoms with Crippen LogP contribution in [-0.2, 0) is 4.79 Å². The average molecular weight is 435 g/mol. The molecule has 0 atom stereocenters. The van der Waals surface area contributed by atoms with Crippen LogP contribution in [0, 0.1) is 5.41 Å². The van der Waals surface area contributed by atoms with Crippen LogP contribution in [0.5, 0.6) is 11.5 Å². The van der Waals surface area contributed by atoms with Crippen molar-refractivity contribution in [1.82, 2.24) is 5.01 Å². The number of carbonyl (C=O) groups is 1. The van der Waals surface area contributed by atoms with E-state index in [2.05, 4.69) is 17.0 Å². The highest BCUT2D eigenvalue weighted by molar-refractivity contribution is 8.26. The quantitative estimate of drug-likeness (QED) is 0.486. The second-order valence-corrected chi connectivity index (χ2v) is 7.88. The summed E-state index contributed by atoms with van der Waals surface area (Å²) in [6, 6.07) is 16.9. The first-order chi connectivity index (χ1) is 15.1. The fourth-order valence-electron chi connectivity index (χ4n) is 3.01. The van der Waals surface area contributed by atoms with E-state index in [1.54, 1.807) is 6.08 Å². The number of nitrogens with zero attached hydrogens (tertiary/aromatic N) is 3. The Labute approximate surface area is 185 Å². The van der Waals surface area contributed by atoms with Crippen molar-refractivity contribution < 1.29 is 14.3 Å². The van der Waals surface area contributed by atoms with Gasteiger partial charge in [0.25, 0.3) is 5.91 Å². The molecule has 2 aromatic rings. The molecule has 4 rings (SSSR count). The number of thioether (sulfide) groups is 1. The number of hydrazone groups is 1. The van der Waals surface area contributed by atoms with Gasteiger partial charge in [0, 0.05) is 0 Å². The van der Waals surface area contributed by atoms with Gasteiger partial charge in [-0.1, -0.05) is 37.3 Å². The average Bonchev–Trinajstić information content (AvgIpc) is 3.19. The SMILES string of the molecule is CCCC1=NN2C(=N)/C(=C/c3ccc(OCCOc4ccccc4)cc3)C(=O)N=C2S1. The Bertz CT molecular complexity index is 1060. The lowest BCUT2D eigenvalue weighted by atomic mass is 10.1. The number of ether oxygens (including phenoxy) is 2. The number of fused-ring (bicyclic) bond motifs is 1. The van der Waals surface area contributed by atoms with Crippen molar-refractivity contribution in [1.29, 1.82) is 5.41 Å². The molecule has 1 amide bonds. The lowest BCUT2D eigenvalue weighted by Crippen LogP contribution is -2.35. The summed E-state index contributed by atoms with van der Waals surface area (Å²) >= 11 is 1.36. The molecule has 8 heteroatoms. The van der Waals surface area contributed by atoms with Gasteiger partial charge in [0.2, 0.25) is 5.17 Å². The monoisotopic (exact) mass is 434 g/mol. The Balaban J connectivity index is 1.37. The first-order valence-corrected chi connectivity index (χ1v) is 10.9. The number of carbonyl (C=O) groups excluding carboxylic acids is 1. The summed E-state index contributed by atoms with van der Waals surface area (Å²) in [7, 11) is 0. The third kappa shape index (κ3) is 5.03. The Morgan fingerprint density at radius 2 is 1.71 bits per heavy atom. The molecule has 0 spiro atoms. The van der Waals surface area contributed by atoms with Crippen molar-refractivity contribution >= 4 is 39.8 Å². The van der Waals surface area contributed by atoms with Gasteiger partial charge < -0.3 is 9.47 Å². The number of hydrogen-bond donors (Lipinski definition) is 1. The topological polar surface area (TPSA) is 87.3 Å². The van der Waals surface area contributed by atoms with E-state index < -0.39 is 5.91 Å². The van der Waals surface area contributed by atoms with Crippen LogP contribution in [0.3, 0.4) is 0 Å². The predicted octanol–water partition coefficient (Wildman–Crippen LogP) is 4.56. The molecule has 0 fully saturated rings. The molecule has 1 N–H and O–H groups in total. The lowest BCUT2D eigenvalue weighted by molar-refractivity contribution is -0.114. The van der Waals surface area contributed by atoms with Crippen LogP contribution in [-0.4, -0.2) is 40.2 Å². The largest absolute Gasteiger partial charge is 0.490 e. The Morgan fingerprint density at radius 3 is 2.39 bits per heavy atom. The van der Waals surface area contributed by atoms with E-state index in [0.717, 1.165) is 29.2 Å². The fraction of sp³-hybridized carbons (Fsp3) is 0.217. The molecule has 2 aliphatic heterocycles. The van der Waals surface area contributed by atoms with E-state index in [1.165, 1.54) is 16.8 Å². The number of aliphatic imine (C=N–C) groups is 1. The van der Waals surface area contributed by atoms with Gasteiger partial charge in [-0.15, -0.1) is 0 Å². The maximum absolute atomic E-state index is 12.4. The molecule has 2 aliphatic rings.